The minimum absolute atomic E-state index is 0.247. The molecule has 0 radical (unpaired) electrons. The molecule has 4 nitrogen and oxygen atoms in total. The molecule has 0 bridgehead atoms. The molecule has 2 aromatic carbocycles. The maximum absolute atomic E-state index is 11.0. The minimum Gasteiger partial charge on any atom is -0.480 e. The Balaban J connectivity index is 1.66. The van der Waals surface area contributed by atoms with E-state index >= 15 is 0 Å². The molecule has 0 aliphatic carbocycles. The van der Waals surface area contributed by atoms with E-state index in [1.807, 2.05) is 54.6 Å². The molecule has 1 heterocycles. The van der Waals surface area contributed by atoms with Crippen LogP contribution in [0.15, 0.2) is 54.6 Å². The van der Waals surface area contributed by atoms with E-state index in [1.54, 1.807) is 0 Å². The number of ether oxygens (including phenoxy) is 1. The predicted octanol–water partition coefficient (Wildman–Crippen LogP) is 3.01. The van der Waals surface area contributed by atoms with Crippen LogP contribution < -0.4 is 10.1 Å². The fraction of sp³-hybridized carbons (Fsp3) is 0.235. The molecular formula is C17H17NO3. The first kappa shape index (κ1) is 13.6. The molecule has 3 rings (SSSR count). The molecule has 0 aromatic heterocycles. The molecule has 2 aromatic rings. The van der Waals surface area contributed by atoms with Crippen LogP contribution in [-0.4, -0.2) is 23.7 Å². The highest BCUT2D eigenvalue weighted by Gasteiger charge is 2.29. The van der Waals surface area contributed by atoms with Crippen molar-refractivity contribution < 1.29 is 14.6 Å². The predicted molar refractivity (Wildman–Crippen MR) is 79.7 cm³/mol. The summed E-state index contributed by atoms with van der Waals surface area (Å²) in [6, 6.07) is 17.1. The minimum atomic E-state index is -0.776. The van der Waals surface area contributed by atoms with Crippen molar-refractivity contribution in [3.05, 3.63) is 60.2 Å². The monoisotopic (exact) mass is 283 g/mol. The van der Waals surface area contributed by atoms with E-state index in [-0.39, 0.29) is 5.92 Å². The zero-order valence-electron chi connectivity index (χ0n) is 11.5. The fourth-order valence-electron chi connectivity index (χ4n) is 2.61. The Bertz CT molecular complexity index is 610. The third kappa shape index (κ3) is 3.23. The van der Waals surface area contributed by atoms with Crippen LogP contribution in [0, 0.1) is 0 Å². The van der Waals surface area contributed by atoms with Gasteiger partial charge in [0.2, 0.25) is 0 Å². The van der Waals surface area contributed by atoms with E-state index in [2.05, 4.69) is 5.32 Å². The van der Waals surface area contributed by atoms with E-state index in [9.17, 15) is 4.79 Å². The number of para-hydroxylation sites is 1. The quantitative estimate of drug-likeness (QED) is 0.905. The zero-order chi connectivity index (χ0) is 14.7. The largest absolute Gasteiger partial charge is 0.480 e. The smallest absolute Gasteiger partial charge is 0.320 e. The van der Waals surface area contributed by atoms with Gasteiger partial charge in [0, 0.05) is 6.54 Å². The number of carbonyl (C=O) groups is 1. The van der Waals surface area contributed by atoms with E-state index in [4.69, 9.17) is 9.84 Å². The summed E-state index contributed by atoms with van der Waals surface area (Å²) in [4.78, 5) is 11.0. The van der Waals surface area contributed by atoms with Crippen LogP contribution in [-0.2, 0) is 4.79 Å². The number of carboxylic acid groups (broad SMARTS) is 1. The van der Waals surface area contributed by atoms with Gasteiger partial charge in [-0.1, -0.05) is 30.3 Å². The summed E-state index contributed by atoms with van der Waals surface area (Å²) in [5.74, 6) is 1.06. The number of hydrogen-bond donors (Lipinski definition) is 2. The molecule has 108 valence electrons. The molecular weight excluding hydrogens is 266 g/mol. The molecule has 4 heteroatoms. The molecule has 0 amide bonds. The summed E-state index contributed by atoms with van der Waals surface area (Å²) in [6.45, 7) is 0.704. The summed E-state index contributed by atoms with van der Waals surface area (Å²) in [5, 5.41) is 12.0. The number of hydrogen-bond acceptors (Lipinski definition) is 3. The molecule has 1 fully saturated rings. The first-order valence-electron chi connectivity index (χ1n) is 7.01. The molecule has 0 spiro atoms. The van der Waals surface area contributed by atoms with Gasteiger partial charge in [0.05, 0.1) is 0 Å². The molecule has 1 aliphatic rings. The Morgan fingerprint density at radius 1 is 1.05 bits per heavy atom. The number of aliphatic carboxylic acids is 1. The van der Waals surface area contributed by atoms with Gasteiger partial charge in [-0.2, -0.15) is 0 Å². The van der Waals surface area contributed by atoms with Gasteiger partial charge in [-0.05, 0) is 42.2 Å². The van der Waals surface area contributed by atoms with Crippen LogP contribution in [0.2, 0.25) is 0 Å². The highest BCUT2D eigenvalue weighted by Crippen LogP contribution is 2.28. The van der Waals surface area contributed by atoms with E-state index in [1.165, 1.54) is 0 Å². The average Bonchev–Trinajstić information content (AvgIpc) is 2.99. The highest BCUT2D eigenvalue weighted by atomic mass is 16.5. The van der Waals surface area contributed by atoms with Crippen molar-refractivity contribution in [2.75, 3.05) is 6.54 Å². The van der Waals surface area contributed by atoms with Crippen LogP contribution in [0.25, 0.3) is 0 Å². The number of nitrogens with one attached hydrogen (secondary N) is 1. The molecule has 21 heavy (non-hydrogen) atoms. The number of carboxylic acids is 1. The maximum atomic E-state index is 11.0. The van der Waals surface area contributed by atoms with Crippen molar-refractivity contribution >= 4 is 5.97 Å². The van der Waals surface area contributed by atoms with Gasteiger partial charge in [0.1, 0.15) is 17.5 Å². The van der Waals surface area contributed by atoms with Crippen molar-refractivity contribution in [3.8, 4) is 11.5 Å². The number of rotatable bonds is 4. The Kier molecular flexibility index (Phi) is 3.88. The van der Waals surface area contributed by atoms with Gasteiger partial charge < -0.3 is 15.2 Å². The van der Waals surface area contributed by atoms with E-state index < -0.39 is 12.0 Å². The molecule has 0 saturated carbocycles. The highest BCUT2D eigenvalue weighted by molar-refractivity contribution is 5.74. The third-order valence-corrected chi connectivity index (χ3v) is 3.76. The van der Waals surface area contributed by atoms with Gasteiger partial charge in [-0.25, -0.2) is 0 Å². The van der Waals surface area contributed by atoms with Crippen molar-refractivity contribution in [2.45, 2.75) is 18.4 Å². The molecule has 2 N–H and O–H groups in total. The second kappa shape index (κ2) is 5.97. The standard InChI is InChI=1S/C17H17NO3/c19-17(20)16-10-13(11-18-16)12-6-8-15(9-7-12)21-14-4-2-1-3-5-14/h1-9,13,16,18H,10-11H2,(H,19,20)/t13?,16-/m0/s1. The van der Waals surface area contributed by atoms with Gasteiger partial charge in [-0.3, -0.25) is 4.79 Å². The first-order valence-corrected chi connectivity index (χ1v) is 7.01. The second-order valence-corrected chi connectivity index (χ2v) is 5.22. The van der Waals surface area contributed by atoms with Crippen LogP contribution >= 0.6 is 0 Å². The third-order valence-electron chi connectivity index (χ3n) is 3.76. The second-order valence-electron chi connectivity index (χ2n) is 5.22. The van der Waals surface area contributed by atoms with Crippen molar-refractivity contribution in [3.63, 3.8) is 0 Å². The van der Waals surface area contributed by atoms with Crippen molar-refractivity contribution in [1.82, 2.24) is 5.32 Å². The summed E-state index contributed by atoms with van der Waals surface area (Å²) < 4.78 is 5.75. The maximum Gasteiger partial charge on any atom is 0.320 e. The van der Waals surface area contributed by atoms with Gasteiger partial charge in [0.25, 0.3) is 0 Å². The normalized spacial score (nSPS) is 21.1. The summed E-state index contributed by atoms with van der Waals surface area (Å²) in [6.07, 6.45) is 0.633. The van der Waals surface area contributed by atoms with Crippen LogP contribution in [0.4, 0.5) is 0 Å². The topological polar surface area (TPSA) is 58.6 Å². The Morgan fingerprint density at radius 2 is 1.71 bits per heavy atom. The zero-order valence-corrected chi connectivity index (χ0v) is 11.5. The van der Waals surface area contributed by atoms with E-state index in [0.29, 0.717) is 13.0 Å². The molecule has 1 saturated heterocycles. The lowest BCUT2D eigenvalue weighted by atomic mass is 9.96. The van der Waals surface area contributed by atoms with Gasteiger partial charge >= 0.3 is 5.97 Å². The fourth-order valence-corrected chi connectivity index (χ4v) is 2.61. The molecule has 1 aliphatic heterocycles. The Labute approximate surface area is 123 Å². The summed E-state index contributed by atoms with van der Waals surface area (Å²) >= 11 is 0. The number of benzene rings is 2. The van der Waals surface area contributed by atoms with Crippen LogP contribution in [0.5, 0.6) is 11.5 Å². The summed E-state index contributed by atoms with van der Waals surface area (Å²) in [7, 11) is 0. The Hall–Kier alpha value is -2.33. The average molecular weight is 283 g/mol. The summed E-state index contributed by atoms with van der Waals surface area (Å²) in [5.41, 5.74) is 1.15. The van der Waals surface area contributed by atoms with Crippen molar-refractivity contribution in [2.24, 2.45) is 0 Å². The lowest BCUT2D eigenvalue weighted by Gasteiger charge is -2.10. The van der Waals surface area contributed by atoms with E-state index in [0.717, 1.165) is 17.1 Å². The lowest BCUT2D eigenvalue weighted by molar-refractivity contribution is -0.139. The van der Waals surface area contributed by atoms with Crippen molar-refractivity contribution in [1.29, 1.82) is 0 Å². The van der Waals surface area contributed by atoms with Crippen LogP contribution in [0.1, 0.15) is 17.9 Å². The SMILES string of the molecule is O=C(O)[C@@H]1CC(c2ccc(Oc3ccccc3)cc2)CN1. The molecule has 1 unspecified atom stereocenters. The first-order chi connectivity index (χ1) is 10.2. The lowest BCUT2D eigenvalue weighted by Crippen LogP contribution is -2.29. The van der Waals surface area contributed by atoms with Gasteiger partial charge in [-0.15, -0.1) is 0 Å². The van der Waals surface area contributed by atoms with Crippen LogP contribution in [0.3, 0.4) is 0 Å². The van der Waals surface area contributed by atoms with Gasteiger partial charge in [0.15, 0.2) is 0 Å². The molecule has 2 atom stereocenters. The Morgan fingerprint density at radius 3 is 2.33 bits per heavy atom.